The highest BCUT2D eigenvalue weighted by molar-refractivity contribution is 5.94. The van der Waals surface area contributed by atoms with Crippen molar-refractivity contribution in [1.29, 1.82) is 0 Å². The second-order valence-electron chi connectivity index (χ2n) is 6.18. The summed E-state index contributed by atoms with van der Waals surface area (Å²) in [7, 11) is 1.79. The van der Waals surface area contributed by atoms with Gasteiger partial charge in [-0.25, -0.2) is 0 Å². The second kappa shape index (κ2) is 7.11. The lowest BCUT2D eigenvalue weighted by atomic mass is 10.00. The molecule has 1 aromatic carbocycles. The van der Waals surface area contributed by atoms with E-state index in [1.807, 2.05) is 37.3 Å². The lowest BCUT2D eigenvalue weighted by Crippen LogP contribution is -2.43. The van der Waals surface area contributed by atoms with E-state index in [2.05, 4.69) is 20.3 Å². The minimum atomic E-state index is -0.414. The van der Waals surface area contributed by atoms with Crippen LogP contribution in [0.3, 0.4) is 0 Å². The van der Waals surface area contributed by atoms with Gasteiger partial charge in [0, 0.05) is 20.1 Å². The number of amides is 1. The molecule has 1 aliphatic rings. The molecule has 7 heteroatoms. The number of aromatic nitrogens is 3. The van der Waals surface area contributed by atoms with Crippen LogP contribution >= 0.6 is 0 Å². The summed E-state index contributed by atoms with van der Waals surface area (Å²) in [6.07, 6.45) is 1.08. The van der Waals surface area contributed by atoms with Crippen molar-refractivity contribution in [2.24, 2.45) is 7.05 Å². The van der Waals surface area contributed by atoms with Gasteiger partial charge in [-0.05, 0) is 25.3 Å². The number of benzene rings is 1. The number of aryl methyl sites for hydroxylation is 2. The summed E-state index contributed by atoms with van der Waals surface area (Å²) >= 11 is 0. The fourth-order valence-corrected chi connectivity index (χ4v) is 3.00. The average Bonchev–Trinajstić information content (AvgIpc) is 2.88. The summed E-state index contributed by atoms with van der Waals surface area (Å²) in [5.41, 5.74) is 0.930. The lowest BCUT2D eigenvalue weighted by molar-refractivity contribution is -0.122. The second-order valence-corrected chi connectivity index (χ2v) is 6.18. The SMILES string of the molecule is Cc1nc(NC(=O)C(c2ccccc2)N2CCC(O)CC2)nn1C. The van der Waals surface area contributed by atoms with Crippen LogP contribution in [0.1, 0.15) is 30.3 Å². The van der Waals surface area contributed by atoms with Crippen LogP contribution in [-0.2, 0) is 11.8 Å². The van der Waals surface area contributed by atoms with Crippen LogP contribution in [0.2, 0.25) is 0 Å². The Bertz CT molecular complexity index is 673. The van der Waals surface area contributed by atoms with Gasteiger partial charge in [0.25, 0.3) is 0 Å². The Morgan fingerprint density at radius 2 is 1.96 bits per heavy atom. The van der Waals surface area contributed by atoms with Gasteiger partial charge in [-0.3, -0.25) is 19.7 Å². The van der Waals surface area contributed by atoms with Crippen molar-refractivity contribution < 1.29 is 9.90 Å². The number of carbonyl (C=O) groups excluding carboxylic acids is 1. The van der Waals surface area contributed by atoms with Gasteiger partial charge < -0.3 is 5.11 Å². The molecule has 128 valence electrons. The first kappa shape index (κ1) is 16.6. The average molecular weight is 329 g/mol. The van der Waals surface area contributed by atoms with Gasteiger partial charge in [0.05, 0.1) is 6.10 Å². The number of aliphatic hydroxyl groups excluding tert-OH is 1. The molecule has 2 aromatic rings. The summed E-state index contributed by atoms with van der Waals surface area (Å²) < 4.78 is 1.63. The number of carbonyl (C=O) groups is 1. The Hall–Kier alpha value is -2.25. The first-order valence-electron chi connectivity index (χ1n) is 8.20. The number of likely N-dealkylation sites (tertiary alicyclic amines) is 1. The Labute approximate surface area is 141 Å². The predicted octanol–water partition coefficient (Wildman–Crippen LogP) is 1.26. The Balaban J connectivity index is 1.82. The molecular formula is C17H23N5O2. The minimum absolute atomic E-state index is 0.150. The van der Waals surface area contributed by atoms with Gasteiger partial charge >= 0.3 is 0 Å². The van der Waals surface area contributed by atoms with Crippen molar-refractivity contribution in [2.45, 2.75) is 31.9 Å². The molecule has 1 amide bonds. The third-order valence-electron chi connectivity index (χ3n) is 4.44. The van der Waals surface area contributed by atoms with Crippen LogP contribution in [-0.4, -0.2) is 49.9 Å². The summed E-state index contributed by atoms with van der Waals surface area (Å²) in [5, 5.41) is 16.8. The molecule has 0 spiro atoms. The third kappa shape index (κ3) is 3.63. The van der Waals surface area contributed by atoms with Crippen LogP contribution in [0.25, 0.3) is 0 Å². The number of anilines is 1. The quantitative estimate of drug-likeness (QED) is 0.882. The van der Waals surface area contributed by atoms with Gasteiger partial charge in [0.1, 0.15) is 11.9 Å². The molecule has 0 bridgehead atoms. The molecule has 2 heterocycles. The van der Waals surface area contributed by atoms with Crippen molar-refractivity contribution in [3.05, 3.63) is 41.7 Å². The molecule has 0 aliphatic carbocycles. The van der Waals surface area contributed by atoms with Crippen LogP contribution in [0.15, 0.2) is 30.3 Å². The van der Waals surface area contributed by atoms with E-state index in [4.69, 9.17) is 0 Å². The maximum atomic E-state index is 12.9. The van der Waals surface area contributed by atoms with E-state index in [0.29, 0.717) is 31.9 Å². The van der Waals surface area contributed by atoms with Gasteiger partial charge in [-0.15, -0.1) is 5.10 Å². The molecule has 1 fully saturated rings. The largest absolute Gasteiger partial charge is 0.393 e. The van der Waals surface area contributed by atoms with Crippen molar-refractivity contribution in [3.8, 4) is 0 Å². The summed E-state index contributed by atoms with van der Waals surface area (Å²) in [6, 6.07) is 9.28. The highest BCUT2D eigenvalue weighted by atomic mass is 16.3. The zero-order valence-corrected chi connectivity index (χ0v) is 14.0. The highest BCUT2D eigenvalue weighted by Crippen LogP contribution is 2.26. The minimum Gasteiger partial charge on any atom is -0.393 e. The van der Waals surface area contributed by atoms with E-state index >= 15 is 0 Å². The fourth-order valence-electron chi connectivity index (χ4n) is 3.00. The Kier molecular flexibility index (Phi) is 4.92. The summed E-state index contributed by atoms with van der Waals surface area (Å²) in [4.78, 5) is 19.3. The van der Waals surface area contributed by atoms with Crippen molar-refractivity contribution in [3.63, 3.8) is 0 Å². The number of hydrogen-bond donors (Lipinski definition) is 2. The zero-order valence-electron chi connectivity index (χ0n) is 14.0. The first-order valence-corrected chi connectivity index (χ1v) is 8.20. The van der Waals surface area contributed by atoms with Crippen molar-refractivity contribution >= 4 is 11.9 Å². The monoisotopic (exact) mass is 329 g/mol. The van der Waals surface area contributed by atoms with E-state index < -0.39 is 6.04 Å². The van der Waals surface area contributed by atoms with Crippen LogP contribution < -0.4 is 5.32 Å². The third-order valence-corrected chi connectivity index (χ3v) is 4.44. The number of nitrogens with one attached hydrogen (secondary N) is 1. The number of hydrogen-bond acceptors (Lipinski definition) is 5. The van der Waals surface area contributed by atoms with Crippen LogP contribution in [0, 0.1) is 6.92 Å². The van der Waals surface area contributed by atoms with Crippen LogP contribution in [0.5, 0.6) is 0 Å². The fraction of sp³-hybridized carbons (Fsp3) is 0.471. The predicted molar refractivity (Wildman–Crippen MR) is 90.4 cm³/mol. The van der Waals surface area contributed by atoms with Crippen molar-refractivity contribution in [2.75, 3.05) is 18.4 Å². The summed E-state index contributed by atoms with van der Waals surface area (Å²) in [6.45, 7) is 3.20. The standard InChI is InChI=1S/C17H23N5O2/c1-12-18-17(20-21(12)2)19-16(24)15(13-6-4-3-5-7-13)22-10-8-14(23)9-11-22/h3-7,14-15,23H,8-11H2,1-2H3,(H,19,20,24). The van der Waals surface area contributed by atoms with Gasteiger partial charge in [-0.1, -0.05) is 30.3 Å². The van der Waals surface area contributed by atoms with Crippen LogP contribution in [0.4, 0.5) is 5.95 Å². The molecule has 7 nitrogen and oxygen atoms in total. The highest BCUT2D eigenvalue weighted by Gasteiger charge is 2.31. The van der Waals surface area contributed by atoms with E-state index in [1.165, 1.54) is 0 Å². The molecule has 0 radical (unpaired) electrons. The first-order chi connectivity index (χ1) is 11.5. The molecule has 1 aliphatic heterocycles. The maximum Gasteiger partial charge on any atom is 0.249 e. The number of rotatable bonds is 4. The Morgan fingerprint density at radius 3 is 2.54 bits per heavy atom. The van der Waals surface area contributed by atoms with Gasteiger partial charge in [0.2, 0.25) is 11.9 Å². The molecule has 2 N–H and O–H groups in total. The van der Waals surface area contributed by atoms with Crippen molar-refractivity contribution in [1.82, 2.24) is 19.7 Å². The normalized spacial score (nSPS) is 17.6. The topological polar surface area (TPSA) is 83.3 Å². The van der Waals surface area contributed by atoms with E-state index in [-0.39, 0.29) is 12.0 Å². The molecule has 1 unspecified atom stereocenters. The molecule has 1 aromatic heterocycles. The summed E-state index contributed by atoms with van der Waals surface area (Å²) in [5.74, 6) is 0.906. The Morgan fingerprint density at radius 1 is 1.29 bits per heavy atom. The molecular weight excluding hydrogens is 306 g/mol. The number of aliphatic hydroxyl groups is 1. The molecule has 1 atom stereocenters. The molecule has 24 heavy (non-hydrogen) atoms. The van der Waals surface area contributed by atoms with E-state index in [9.17, 15) is 9.90 Å². The number of piperidine rings is 1. The zero-order chi connectivity index (χ0) is 17.1. The molecule has 3 rings (SSSR count). The lowest BCUT2D eigenvalue weighted by Gasteiger charge is -2.35. The van der Waals surface area contributed by atoms with E-state index in [1.54, 1.807) is 11.7 Å². The molecule has 1 saturated heterocycles. The van der Waals surface area contributed by atoms with Gasteiger partial charge in [0.15, 0.2) is 0 Å². The maximum absolute atomic E-state index is 12.9. The van der Waals surface area contributed by atoms with E-state index in [0.717, 1.165) is 11.4 Å². The van der Waals surface area contributed by atoms with Gasteiger partial charge in [-0.2, -0.15) is 4.98 Å². The molecule has 0 saturated carbocycles. The number of nitrogens with zero attached hydrogens (tertiary/aromatic N) is 4. The smallest absolute Gasteiger partial charge is 0.249 e.